The Kier molecular flexibility index (Phi) is 3.18. The van der Waals surface area contributed by atoms with Gasteiger partial charge in [-0.1, -0.05) is 24.6 Å². The van der Waals surface area contributed by atoms with Gasteiger partial charge in [-0.15, -0.1) is 0 Å². The van der Waals surface area contributed by atoms with Crippen molar-refractivity contribution in [3.05, 3.63) is 53.1 Å². The van der Waals surface area contributed by atoms with Crippen LogP contribution in [0.5, 0.6) is 0 Å². The lowest BCUT2D eigenvalue weighted by molar-refractivity contribution is 0.582. The van der Waals surface area contributed by atoms with Crippen LogP contribution in [-0.4, -0.2) is 0 Å². The summed E-state index contributed by atoms with van der Waals surface area (Å²) in [6.45, 7) is 2.12. The molecule has 1 aromatic carbocycles. The van der Waals surface area contributed by atoms with E-state index in [2.05, 4.69) is 13.0 Å². The third-order valence-electron chi connectivity index (χ3n) is 2.92. The molecule has 16 heavy (non-hydrogen) atoms. The Morgan fingerprint density at radius 2 is 1.69 bits per heavy atom. The third-order valence-corrected chi connectivity index (χ3v) is 2.92. The Balaban J connectivity index is 2.32. The summed E-state index contributed by atoms with van der Waals surface area (Å²) < 4.78 is 26.1. The molecule has 84 valence electrons. The van der Waals surface area contributed by atoms with Crippen molar-refractivity contribution in [3.8, 4) is 0 Å². The van der Waals surface area contributed by atoms with Gasteiger partial charge in [0.15, 0.2) is 0 Å². The number of rotatable bonds is 2. The summed E-state index contributed by atoms with van der Waals surface area (Å²) in [6.07, 6.45) is 6.92. The van der Waals surface area contributed by atoms with Gasteiger partial charge in [0.25, 0.3) is 0 Å². The average Bonchev–Trinajstić information content (AvgIpc) is 2.28. The highest BCUT2D eigenvalue weighted by Gasteiger charge is 2.09. The van der Waals surface area contributed by atoms with Crippen LogP contribution in [0.4, 0.5) is 8.78 Å². The van der Waals surface area contributed by atoms with E-state index in [1.165, 1.54) is 17.7 Å². The van der Waals surface area contributed by atoms with Crippen molar-refractivity contribution in [2.45, 2.75) is 26.2 Å². The molecule has 0 fully saturated rings. The Morgan fingerprint density at radius 3 is 2.19 bits per heavy atom. The van der Waals surface area contributed by atoms with E-state index in [-0.39, 0.29) is 0 Å². The molecule has 0 spiro atoms. The summed E-state index contributed by atoms with van der Waals surface area (Å²) in [5, 5.41) is 0. The summed E-state index contributed by atoms with van der Waals surface area (Å²) >= 11 is 0. The lowest BCUT2D eigenvalue weighted by Gasteiger charge is -2.14. The predicted molar refractivity (Wildman–Crippen MR) is 61.9 cm³/mol. The number of halogens is 2. The second kappa shape index (κ2) is 4.60. The number of allylic oxidation sites excluding steroid dienone is 4. The van der Waals surface area contributed by atoms with Crippen molar-refractivity contribution in [2.24, 2.45) is 0 Å². The second-order valence-corrected chi connectivity index (χ2v) is 4.03. The molecule has 1 aromatic rings. The average molecular weight is 220 g/mol. The topological polar surface area (TPSA) is 0 Å². The summed E-state index contributed by atoms with van der Waals surface area (Å²) in [4.78, 5) is 0. The van der Waals surface area contributed by atoms with Crippen molar-refractivity contribution in [1.29, 1.82) is 0 Å². The molecule has 0 saturated heterocycles. The van der Waals surface area contributed by atoms with Crippen LogP contribution >= 0.6 is 0 Å². The van der Waals surface area contributed by atoms with E-state index in [4.69, 9.17) is 0 Å². The van der Waals surface area contributed by atoms with Gasteiger partial charge >= 0.3 is 0 Å². The Labute approximate surface area is 94.3 Å². The Bertz CT molecular complexity index is 436. The van der Waals surface area contributed by atoms with Crippen molar-refractivity contribution in [2.75, 3.05) is 0 Å². The Morgan fingerprint density at radius 1 is 1.00 bits per heavy atom. The van der Waals surface area contributed by atoms with Gasteiger partial charge in [0.05, 0.1) is 0 Å². The minimum Gasteiger partial charge on any atom is -0.207 e. The van der Waals surface area contributed by atoms with E-state index in [9.17, 15) is 8.78 Å². The van der Waals surface area contributed by atoms with Gasteiger partial charge in [0.2, 0.25) is 0 Å². The molecule has 0 saturated carbocycles. The van der Waals surface area contributed by atoms with Gasteiger partial charge in [0.1, 0.15) is 11.6 Å². The van der Waals surface area contributed by atoms with Gasteiger partial charge in [0, 0.05) is 6.07 Å². The zero-order chi connectivity index (χ0) is 11.5. The molecular weight excluding hydrogens is 206 g/mol. The Hall–Kier alpha value is -1.44. The molecule has 1 aliphatic carbocycles. The van der Waals surface area contributed by atoms with Crippen LogP contribution < -0.4 is 0 Å². The maximum Gasteiger partial charge on any atom is 0.126 e. The molecule has 0 atom stereocenters. The highest BCUT2D eigenvalue weighted by molar-refractivity contribution is 5.68. The van der Waals surface area contributed by atoms with Crippen LogP contribution in [0, 0.1) is 11.6 Å². The minimum absolute atomic E-state index is 0.513. The molecule has 0 amide bonds. The van der Waals surface area contributed by atoms with Gasteiger partial charge in [-0.3, -0.25) is 0 Å². The first kappa shape index (κ1) is 11.1. The van der Waals surface area contributed by atoms with E-state index >= 15 is 0 Å². The molecule has 0 radical (unpaired) electrons. The van der Waals surface area contributed by atoms with Crippen molar-refractivity contribution in [3.63, 3.8) is 0 Å². The standard InChI is InChI=1S/C14H14F2/c1-2-10-3-5-11(6-4-10)12-7-13(15)9-14(16)8-12/h3,5,7-9H,2,4,6H2,1H3. The van der Waals surface area contributed by atoms with Crippen molar-refractivity contribution >= 4 is 5.57 Å². The first-order chi connectivity index (χ1) is 7.69. The van der Waals surface area contributed by atoms with E-state index in [0.717, 1.165) is 30.9 Å². The summed E-state index contributed by atoms with van der Waals surface area (Å²) in [5.41, 5.74) is 3.06. The largest absolute Gasteiger partial charge is 0.207 e. The number of hydrogen-bond donors (Lipinski definition) is 0. The molecule has 0 heterocycles. The van der Waals surface area contributed by atoms with Gasteiger partial charge in [-0.25, -0.2) is 8.78 Å². The maximum atomic E-state index is 13.0. The molecule has 0 nitrogen and oxygen atoms in total. The highest BCUT2D eigenvalue weighted by atomic mass is 19.1. The minimum atomic E-state index is -0.513. The molecule has 2 heteroatoms. The van der Waals surface area contributed by atoms with Gasteiger partial charge < -0.3 is 0 Å². The first-order valence-electron chi connectivity index (χ1n) is 5.54. The molecule has 0 bridgehead atoms. The predicted octanol–water partition coefficient (Wildman–Crippen LogP) is 4.48. The van der Waals surface area contributed by atoms with E-state index in [1.54, 1.807) is 0 Å². The van der Waals surface area contributed by atoms with Crippen LogP contribution in [0.1, 0.15) is 31.7 Å². The van der Waals surface area contributed by atoms with Gasteiger partial charge in [-0.2, -0.15) is 0 Å². The number of benzene rings is 1. The molecular formula is C14H14F2. The van der Waals surface area contributed by atoms with Crippen molar-refractivity contribution < 1.29 is 8.78 Å². The SMILES string of the molecule is CCC1=CC=C(c2cc(F)cc(F)c2)CC1. The second-order valence-electron chi connectivity index (χ2n) is 4.03. The summed E-state index contributed by atoms with van der Waals surface area (Å²) in [7, 11) is 0. The van der Waals surface area contributed by atoms with E-state index in [0.29, 0.717) is 5.56 Å². The van der Waals surface area contributed by atoms with E-state index in [1.807, 2.05) is 6.08 Å². The highest BCUT2D eigenvalue weighted by Crippen LogP contribution is 2.28. The lowest BCUT2D eigenvalue weighted by atomic mass is 9.92. The third kappa shape index (κ3) is 2.38. The zero-order valence-corrected chi connectivity index (χ0v) is 9.26. The molecule has 2 rings (SSSR count). The monoisotopic (exact) mass is 220 g/mol. The quantitative estimate of drug-likeness (QED) is 0.689. The van der Waals surface area contributed by atoms with Gasteiger partial charge in [-0.05, 0) is 42.5 Å². The normalized spacial score (nSPS) is 15.7. The number of hydrogen-bond acceptors (Lipinski definition) is 0. The molecule has 1 aliphatic rings. The van der Waals surface area contributed by atoms with Crippen LogP contribution in [-0.2, 0) is 0 Å². The van der Waals surface area contributed by atoms with Crippen LogP contribution in [0.25, 0.3) is 5.57 Å². The molecule has 0 aliphatic heterocycles. The maximum absolute atomic E-state index is 13.0. The fraction of sp³-hybridized carbons (Fsp3) is 0.286. The lowest BCUT2D eigenvalue weighted by Crippen LogP contribution is -1.94. The fourth-order valence-corrected chi connectivity index (χ4v) is 1.95. The zero-order valence-electron chi connectivity index (χ0n) is 9.26. The summed E-state index contributed by atoms with van der Waals surface area (Å²) in [6, 6.07) is 3.68. The van der Waals surface area contributed by atoms with Crippen LogP contribution in [0.2, 0.25) is 0 Å². The fourth-order valence-electron chi connectivity index (χ4n) is 1.95. The molecule has 0 N–H and O–H groups in total. The molecule has 0 aromatic heterocycles. The molecule has 0 unspecified atom stereocenters. The summed E-state index contributed by atoms with van der Waals surface area (Å²) in [5.74, 6) is -1.03. The van der Waals surface area contributed by atoms with Crippen molar-refractivity contribution in [1.82, 2.24) is 0 Å². The first-order valence-corrected chi connectivity index (χ1v) is 5.54. The van der Waals surface area contributed by atoms with E-state index < -0.39 is 11.6 Å². The van der Waals surface area contributed by atoms with Crippen LogP contribution in [0.3, 0.4) is 0 Å². The van der Waals surface area contributed by atoms with Crippen LogP contribution in [0.15, 0.2) is 35.9 Å². The smallest absolute Gasteiger partial charge is 0.126 e.